The van der Waals surface area contributed by atoms with Crippen LogP contribution < -0.4 is 4.74 Å². The minimum absolute atomic E-state index is 0.00693. The molecule has 2 heterocycles. The lowest BCUT2D eigenvalue weighted by Crippen LogP contribution is -2.36. The van der Waals surface area contributed by atoms with E-state index in [0.29, 0.717) is 25.4 Å². The number of rotatable bonds is 7. The van der Waals surface area contributed by atoms with Gasteiger partial charge in [0.05, 0.1) is 24.3 Å². The third-order valence-corrected chi connectivity index (χ3v) is 7.06. The van der Waals surface area contributed by atoms with Crippen LogP contribution in [0.2, 0.25) is 0 Å². The highest BCUT2D eigenvalue weighted by Crippen LogP contribution is 2.31. The van der Waals surface area contributed by atoms with E-state index in [1.807, 2.05) is 32.9 Å². The summed E-state index contributed by atoms with van der Waals surface area (Å²) in [6.07, 6.45) is 2.45. The maximum absolute atomic E-state index is 11.9. The quantitative estimate of drug-likeness (QED) is 0.658. The van der Waals surface area contributed by atoms with Gasteiger partial charge in [0.15, 0.2) is 9.84 Å². The van der Waals surface area contributed by atoms with Crippen molar-refractivity contribution in [3.8, 4) is 17.2 Å². The number of benzene rings is 1. The number of aryl methyl sites for hydroxylation is 3. The largest absolute Gasteiger partial charge is 0.496 e. The van der Waals surface area contributed by atoms with Crippen LogP contribution >= 0.6 is 0 Å². The minimum Gasteiger partial charge on any atom is -0.496 e. The normalized spacial score (nSPS) is 18.5. The molecule has 2 aromatic rings. The van der Waals surface area contributed by atoms with Gasteiger partial charge >= 0.3 is 0 Å². The highest BCUT2D eigenvalue weighted by molar-refractivity contribution is 7.91. The van der Waals surface area contributed by atoms with Crippen molar-refractivity contribution >= 4 is 9.84 Å². The molecule has 0 N–H and O–H groups in total. The van der Waals surface area contributed by atoms with Crippen LogP contribution in [-0.2, 0) is 16.4 Å². The second-order valence-corrected chi connectivity index (χ2v) is 9.66. The molecule has 0 aliphatic carbocycles. The van der Waals surface area contributed by atoms with E-state index in [0.717, 1.165) is 33.9 Å². The van der Waals surface area contributed by atoms with Gasteiger partial charge in [-0.3, -0.25) is 4.90 Å². The minimum atomic E-state index is -2.95. The Morgan fingerprint density at radius 2 is 2.07 bits per heavy atom. The predicted molar refractivity (Wildman–Crippen MR) is 110 cm³/mol. The zero-order valence-corrected chi connectivity index (χ0v) is 17.8. The van der Waals surface area contributed by atoms with E-state index in [1.54, 1.807) is 13.2 Å². The molecule has 6 nitrogen and oxygen atoms in total. The van der Waals surface area contributed by atoms with Gasteiger partial charge in [0.2, 0.25) is 5.89 Å². The SMILES string of the molecule is C=CCN(Cc1nc(-c2cc(C)c(OC)cc2C)oc1C)[C@@H]1CCS(=O)(=O)C1. The lowest BCUT2D eigenvalue weighted by Gasteiger charge is -2.25. The predicted octanol–water partition coefficient (Wildman–Crippen LogP) is 3.45. The molecule has 1 fully saturated rings. The van der Waals surface area contributed by atoms with Crippen molar-refractivity contribution in [3.05, 3.63) is 47.4 Å². The van der Waals surface area contributed by atoms with E-state index >= 15 is 0 Å². The number of ether oxygens (including phenoxy) is 1. The Morgan fingerprint density at radius 1 is 1.32 bits per heavy atom. The first-order chi connectivity index (χ1) is 13.2. The van der Waals surface area contributed by atoms with Gasteiger partial charge in [0.1, 0.15) is 11.5 Å². The van der Waals surface area contributed by atoms with Crippen LogP contribution in [0.4, 0.5) is 0 Å². The zero-order valence-electron chi connectivity index (χ0n) is 17.0. The molecule has 1 aromatic heterocycles. The van der Waals surface area contributed by atoms with Crippen molar-refractivity contribution in [1.82, 2.24) is 9.88 Å². The molecule has 28 heavy (non-hydrogen) atoms. The van der Waals surface area contributed by atoms with Gasteiger partial charge in [-0.2, -0.15) is 0 Å². The number of nitrogens with zero attached hydrogens (tertiary/aromatic N) is 2. The number of methoxy groups -OCH3 is 1. The van der Waals surface area contributed by atoms with Gasteiger partial charge in [-0.15, -0.1) is 6.58 Å². The maximum atomic E-state index is 11.9. The fraction of sp³-hybridized carbons (Fsp3) is 0.476. The van der Waals surface area contributed by atoms with E-state index in [-0.39, 0.29) is 17.5 Å². The number of hydrogen-bond acceptors (Lipinski definition) is 6. The van der Waals surface area contributed by atoms with E-state index in [1.165, 1.54) is 0 Å². The molecule has 3 rings (SSSR count). The summed E-state index contributed by atoms with van der Waals surface area (Å²) in [6.45, 7) is 10.9. The van der Waals surface area contributed by atoms with E-state index in [2.05, 4.69) is 11.5 Å². The summed E-state index contributed by atoms with van der Waals surface area (Å²) in [5.74, 6) is 2.61. The van der Waals surface area contributed by atoms with Crippen molar-refractivity contribution in [3.63, 3.8) is 0 Å². The van der Waals surface area contributed by atoms with Gasteiger partial charge in [-0.25, -0.2) is 13.4 Å². The summed E-state index contributed by atoms with van der Waals surface area (Å²) >= 11 is 0. The Labute approximate surface area is 167 Å². The molecule has 7 heteroatoms. The van der Waals surface area contributed by atoms with Gasteiger partial charge in [-0.1, -0.05) is 6.08 Å². The molecular weight excluding hydrogens is 376 g/mol. The third-order valence-electron chi connectivity index (χ3n) is 5.31. The zero-order chi connectivity index (χ0) is 20.5. The van der Waals surface area contributed by atoms with Crippen LogP contribution in [0.3, 0.4) is 0 Å². The summed E-state index contributed by atoms with van der Waals surface area (Å²) in [5.41, 5.74) is 3.81. The second kappa shape index (κ2) is 8.09. The molecule has 0 radical (unpaired) electrons. The Hall–Kier alpha value is -2.12. The van der Waals surface area contributed by atoms with E-state index in [9.17, 15) is 8.42 Å². The van der Waals surface area contributed by atoms with Crippen molar-refractivity contribution in [2.45, 2.75) is 39.8 Å². The molecule has 1 aliphatic heterocycles. The standard InChI is InChI=1S/C21H28N2O4S/c1-6-8-23(17-7-9-28(24,25)13-17)12-19-16(4)27-21(22-19)18-10-15(3)20(26-5)11-14(18)2/h6,10-11,17H,1,7-9,12-13H2,2-5H3/t17-/m1/s1. The van der Waals surface area contributed by atoms with Gasteiger partial charge in [0.25, 0.3) is 0 Å². The van der Waals surface area contributed by atoms with Crippen LogP contribution in [-0.4, -0.2) is 49.5 Å². The molecule has 0 spiro atoms. The average molecular weight is 405 g/mol. The smallest absolute Gasteiger partial charge is 0.226 e. The summed E-state index contributed by atoms with van der Waals surface area (Å²) in [6, 6.07) is 4.00. The van der Waals surface area contributed by atoms with Crippen LogP contribution in [0.15, 0.2) is 29.2 Å². The molecule has 152 valence electrons. The summed E-state index contributed by atoms with van der Waals surface area (Å²) in [5, 5.41) is 0. The highest BCUT2D eigenvalue weighted by Gasteiger charge is 2.32. The number of sulfone groups is 1. The van der Waals surface area contributed by atoms with E-state index in [4.69, 9.17) is 14.1 Å². The van der Waals surface area contributed by atoms with Crippen LogP contribution in [0.5, 0.6) is 5.75 Å². The van der Waals surface area contributed by atoms with E-state index < -0.39 is 9.84 Å². The molecule has 0 saturated carbocycles. The molecule has 0 bridgehead atoms. The second-order valence-electron chi connectivity index (χ2n) is 7.43. The van der Waals surface area contributed by atoms with Crippen LogP contribution in [0, 0.1) is 20.8 Å². The van der Waals surface area contributed by atoms with Gasteiger partial charge in [0, 0.05) is 24.7 Å². The molecule has 0 amide bonds. The molecule has 1 saturated heterocycles. The maximum Gasteiger partial charge on any atom is 0.226 e. The molecular formula is C21H28N2O4S. The first-order valence-electron chi connectivity index (χ1n) is 9.41. The topological polar surface area (TPSA) is 72.6 Å². The number of aromatic nitrogens is 1. The lowest BCUT2D eigenvalue weighted by molar-refractivity contribution is 0.223. The van der Waals surface area contributed by atoms with Crippen molar-refractivity contribution in [1.29, 1.82) is 0 Å². The Bertz CT molecular complexity index is 979. The molecule has 1 aliphatic rings. The molecule has 1 atom stereocenters. The number of oxazole rings is 1. The van der Waals surface area contributed by atoms with Crippen LogP contribution in [0.25, 0.3) is 11.5 Å². The van der Waals surface area contributed by atoms with Crippen molar-refractivity contribution in [2.75, 3.05) is 25.2 Å². The highest BCUT2D eigenvalue weighted by atomic mass is 32.2. The monoisotopic (exact) mass is 404 g/mol. The Morgan fingerprint density at radius 3 is 2.68 bits per heavy atom. The summed E-state index contributed by atoms with van der Waals surface area (Å²) < 4.78 is 35.1. The first-order valence-corrected chi connectivity index (χ1v) is 11.2. The van der Waals surface area contributed by atoms with Crippen molar-refractivity contribution in [2.24, 2.45) is 0 Å². The molecule has 1 aromatic carbocycles. The Kier molecular flexibility index (Phi) is 5.95. The average Bonchev–Trinajstić information content (AvgIpc) is 3.18. The van der Waals surface area contributed by atoms with Crippen molar-refractivity contribution < 1.29 is 17.6 Å². The Balaban J connectivity index is 1.87. The first kappa shape index (κ1) is 20.6. The third kappa shape index (κ3) is 4.31. The molecule has 0 unspecified atom stereocenters. The number of hydrogen-bond donors (Lipinski definition) is 0. The van der Waals surface area contributed by atoms with Gasteiger partial charge < -0.3 is 9.15 Å². The summed E-state index contributed by atoms with van der Waals surface area (Å²) in [4.78, 5) is 6.86. The fourth-order valence-corrected chi connectivity index (χ4v) is 5.46. The van der Waals surface area contributed by atoms with Crippen LogP contribution in [0.1, 0.15) is 29.0 Å². The van der Waals surface area contributed by atoms with Gasteiger partial charge in [-0.05, 0) is 50.5 Å². The fourth-order valence-electron chi connectivity index (χ4n) is 3.69. The summed E-state index contributed by atoms with van der Waals surface area (Å²) in [7, 11) is -1.29. The lowest BCUT2D eigenvalue weighted by atomic mass is 10.0.